The standard InChI is InChI=1S/C22H23N5OS/c1-3-26(4-2)14-15-29-22-23-18-13-9-8-12-17(18)20-24-21(28)19(25-27(20)22)16-10-6-5-7-11-16/h5-13H,3-4,14-15H2,1-2H3. The molecule has 0 N–H and O–H groups in total. The summed E-state index contributed by atoms with van der Waals surface area (Å²) in [5, 5.41) is 6.25. The van der Waals surface area contributed by atoms with Gasteiger partial charge in [0.1, 0.15) is 0 Å². The molecule has 0 saturated heterocycles. The second-order valence-corrected chi connectivity index (χ2v) is 7.72. The lowest BCUT2D eigenvalue weighted by Gasteiger charge is -2.17. The number of aromatic nitrogens is 4. The summed E-state index contributed by atoms with van der Waals surface area (Å²) >= 11 is 1.64. The number of hydrogen-bond acceptors (Lipinski definition) is 6. The van der Waals surface area contributed by atoms with E-state index >= 15 is 0 Å². The molecule has 4 aromatic rings. The Balaban J connectivity index is 1.84. The maximum atomic E-state index is 12.7. The molecule has 2 heterocycles. The van der Waals surface area contributed by atoms with E-state index in [2.05, 4.69) is 28.8 Å². The van der Waals surface area contributed by atoms with Gasteiger partial charge < -0.3 is 4.90 Å². The van der Waals surface area contributed by atoms with Gasteiger partial charge in [-0.1, -0.05) is 68.1 Å². The molecular weight excluding hydrogens is 382 g/mol. The fourth-order valence-electron chi connectivity index (χ4n) is 3.28. The second-order valence-electron chi connectivity index (χ2n) is 6.65. The van der Waals surface area contributed by atoms with E-state index in [-0.39, 0.29) is 5.56 Å². The van der Waals surface area contributed by atoms with Crippen LogP contribution in [-0.4, -0.2) is 49.9 Å². The maximum absolute atomic E-state index is 12.7. The summed E-state index contributed by atoms with van der Waals surface area (Å²) in [6.07, 6.45) is 0. The van der Waals surface area contributed by atoms with Gasteiger partial charge in [-0.2, -0.15) is 14.6 Å². The normalized spacial score (nSPS) is 11.6. The van der Waals surface area contributed by atoms with Crippen LogP contribution in [0.3, 0.4) is 0 Å². The fraction of sp³-hybridized carbons (Fsp3) is 0.273. The topological polar surface area (TPSA) is 63.4 Å². The monoisotopic (exact) mass is 405 g/mol. The van der Waals surface area contributed by atoms with Crippen LogP contribution in [0.2, 0.25) is 0 Å². The predicted molar refractivity (Wildman–Crippen MR) is 119 cm³/mol. The Labute approximate surface area is 173 Å². The first-order valence-corrected chi connectivity index (χ1v) is 10.8. The van der Waals surface area contributed by atoms with Gasteiger partial charge in [0.15, 0.2) is 16.5 Å². The fourth-order valence-corrected chi connectivity index (χ4v) is 4.23. The van der Waals surface area contributed by atoms with Gasteiger partial charge >= 0.3 is 0 Å². The molecule has 0 aliphatic heterocycles. The van der Waals surface area contributed by atoms with E-state index in [1.807, 2.05) is 54.6 Å². The van der Waals surface area contributed by atoms with E-state index in [1.165, 1.54) is 0 Å². The number of hydrogen-bond donors (Lipinski definition) is 0. The average Bonchev–Trinajstić information content (AvgIpc) is 2.77. The van der Waals surface area contributed by atoms with Gasteiger partial charge in [-0.3, -0.25) is 4.79 Å². The van der Waals surface area contributed by atoms with Crippen LogP contribution >= 0.6 is 11.8 Å². The molecule has 6 nitrogen and oxygen atoms in total. The highest BCUT2D eigenvalue weighted by molar-refractivity contribution is 7.99. The molecule has 0 radical (unpaired) electrons. The van der Waals surface area contributed by atoms with Crippen LogP contribution in [0.1, 0.15) is 13.8 Å². The van der Waals surface area contributed by atoms with Gasteiger partial charge in [0.05, 0.1) is 5.52 Å². The van der Waals surface area contributed by atoms with Crippen LogP contribution in [-0.2, 0) is 0 Å². The van der Waals surface area contributed by atoms with Crippen molar-refractivity contribution in [3.05, 3.63) is 65.0 Å². The lowest BCUT2D eigenvalue weighted by Crippen LogP contribution is -2.25. The summed E-state index contributed by atoms with van der Waals surface area (Å²) in [5.41, 5.74) is 2.13. The van der Waals surface area contributed by atoms with Crippen molar-refractivity contribution in [1.29, 1.82) is 0 Å². The van der Waals surface area contributed by atoms with Crippen molar-refractivity contribution >= 4 is 28.3 Å². The molecule has 0 bridgehead atoms. The number of nitrogens with zero attached hydrogens (tertiary/aromatic N) is 5. The van der Waals surface area contributed by atoms with Crippen LogP contribution in [0.25, 0.3) is 27.8 Å². The molecule has 148 valence electrons. The van der Waals surface area contributed by atoms with E-state index in [0.29, 0.717) is 11.3 Å². The third kappa shape index (κ3) is 4.02. The summed E-state index contributed by atoms with van der Waals surface area (Å²) in [4.78, 5) is 24.3. The van der Waals surface area contributed by atoms with E-state index < -0.39 is 0 Å². The average molecular weight is 406 g/mol. The van der Waals surface area contributed by atoms with E-state index in [4.69, 9.17) is 4.98 Å². The highest BCUT2D eigenvalue weighted by atomic mass is 32.2. The summed E-state index contributed by atoms with van der Waals surface area (Å²) in [6, 6.07) is 17.2. The smallest absolute Gasteiger partial charge is 0.300 e. The molecule has 0 saturated carbocycles. The minimum atomic E-state index is -0.327. The lowest BCUT2D eigenvalue weighted by molar-refractivity contribution is 0.324. The van der Waals surface area contributed by atoms with Crippen LogP contribution in [0, 0.1) is 0 Å². The Morgan fingerprint density at radius 2 is 1.69 bits per heavy atom. The zero-order valence-corrected chi connectivity index (χ0v) is 17.4. The van der Waals surface area contributed by atoms with Crippen LogP contribution in [0.4, 0.5) is 0 Å². The first-order chi connectivity index (χ1) is 14.2. The number of rotatable bonds is 7. The Morgan fingerprint density at radius 3 is 2.45 bits per heavy atom. The summed E-state index contributed by atoms with van der Waals surface area (Å²) < 4.78 is 1.72. The van der Waals surface area contributed by atoms with Crippen molar-refractivity contribution in [2.45, 2.75) is 19.0 Å². The summed E-state index contributed by atoms with van der Waals surface area (Å²) in [5.74, 6) is 0.886. The Morgan fingerprint density at radius 1 is 0.966 bits per heavy atom. The molecule has 0 aliphatic rings. The SMILES string of the molecule is CCN(CC)CCSc1nc2ccccc2c2nc(=O)c(-c3ccccc3)nn12. The van der Waals surface area contributed by atoms with Gasteiger partial charge in [-0.25, -0.2) is 4.98 Å². The molecule has 0 aliphatic carbocycles. The zero-order chi connectivity index (χ0) is 20.2. The molecular formula is C22H23N5OS. The van der Waals surface area contributed by atoms with Crippen LogP contribution in [0.15, 0.2) is 64.5 Å². The Bertz CT molecular complexity index is 1190. The Hall–Kier alpha value is -2.77. The first kappa shape index (κ1) is 19.5. The quantitative estimate of drug-likeness (QED) is 0.265. The summed E-state index contributed by atoms with van der Waals surface area (Å²) in [6.45, 7) is 7.34. The first-order valence-electron chi connectivity index (χ1n) is 9.81. The molecule has 0 spiro atoms. The lowest BCUT2D eigenvalue weighted by atomic mass is 10.2. The number of benzene rings is 2. The van der Waals surface area contributed by atoms with Gasteiger partial charge in [0, 0.05) is 23.2 Å². The second kappa shape index (κ2) is 8.71. The predicted octanol–water partition coefficient (Wildman–Crippen LogP) is 3.74. The van der Waals surface area contributed by atoms with Crippen molar-refractivity contribution in [3.63, 3.8) is 0 Å². The minimum Gasteiger partial charge on any atom is -0.303 e. The number of thioether (sulfide) groups is 1. The van der Waals surface area contributed by atoms with Crippen molar-refractivity contribution in [2.24, 2.45) is 0 Å². The van der Waals surface area contributed by atoms with Crippen LogP contribution in [0.5, 0.6) is 0 Å². The molecule has 0 atom stereocenters. The van der Waals surface area contributed by atoms with Crippen molar-refractivity contribution in [3.8, 4) is 11.3 Å². The highest BCUT2D eigenvalue weighted by Gasteiger charge is 2.15. The molecule has 0 amide bonds. The van der Waals surface area contributed by atoms with Gasteiger partial charge in [-0.05, 0) is 25.2 Å². The highest BCUT2D eigenvalue weighted by Crippen LogP contribution is 2.24. The molecule has 29 heavy (non-hydrogen) atoms. The third-order valence-electron chi connectivity index (χ3n) is 4.93. The zero-order valence-electron chi connectivity index (χ0n) is 16.6. The molecule has 4 rings (SSSR count). The summed E-state index contributed by atoms with van der Waals surface area (Å²) in [7, 11) is 0. The minimum absolute atomic E-state index is 0.327. The van der Waals surface area contributed by atoms with Gasteiger partial charge in [0.2, 0.25) is 0 Å². The maximum Gasteiger partial charge on any atom is 0.300 e. The molecule has 0 fully saturated rings. The van der Waals surface area contributed by atoms with Crippen molar-refractivity contribution in [1.82, 2.24) is 24.5 Å². The number of fused-ring (bicyclic) bond motifs is 3. The van der Waals surface area contributed by atoms with E-state index in [0.717, 1.165) is 47.0 Å². The van der Waals surface area contributed by atoms with Crippen molar-refractivity contribution in [2.75, 3.05) is 25.4 Å². The van der Waals surface area contributed by atoms with Crippen LogP contribution < -0.4 is 5.56 Å². The largest absolute Gasteiger partial charge is 0.303 e. The molecule has 2 aromatic heterocycles. The third-order valence-corrected chi connectivity index (χ3v) is 5.84. The van der Waals surface area contributed by atoms with Gasteiger partial charge in [0.25, 0.3) is 5.56 Å². The molecule has 7 heteroatoms. The molecule has 2 aromatic carbocycles. The number of para-hydroxylation sites is 1. The Kier molecular flexibility index (Phi) is 5.87. The van der Waals surface area contributed by atoms with E-state index in [1.54, 1.807) is 16.3 Å². The van der Waals surface area contributed by atoms with E-state index in [9.17, 15) is 4.79 Å². The van der Waals surface area contributed by atoms with Gasteiger partial charge in [-0.15, -0.1) is 0 Å². The molecule has 0 unspecified atom stereocenters. The van der Waals surface area contributed by atoms with Crippen molar-refractivity contribution < 1.29 is 0 Å².